The average Bonchev–Trinajstić information content (AvgIpc) is 2.16. The van der Waals surface area contributed by atoms with Crippen LogP contribution in [0.25, 0.3) is 0 Å². The van der Waals surface area contributed by atoms with Crippen molar-refractivity contribution in [3.8, 4) is 0 Å². The first-order valence-electron chi connectivity index (χ1n) is 5.62. The average molecular weight is 237 g/mol. The highest BCUT2D eigenvalue weighted by atomic mass is 19.3. The third kappa shape index (κ3) is 5.16. The van der Waals surface area contributed by atoms with E-state index in [1.54, 1.807) is 4.90 Å². The maximum absolute atomic E-state index is 12.3. The van der Waals surface area contributed by atoms with Gasteiger partial charge in [-0.25, -0.2) is 8.78 Å². The third-order valence-electron chi connectivity index (χ3n) is 2.65. The van der Waals surface area contributed by atoms with Crippen LogP contribution in [-0.2, 0) is 4.74 Å². The van der Waals surface area contributed by atoms with Gasteiger partial charge in [-0.15, -0.1) is 0 Å². The topological polar surface area (TPSA) is 41.7 Å². The zero-order chi connectivity index (χ0) is 12.0. The molecule has 6 heteroatoms. The first-order chi connectivity index (χ1) is 7.61. The summed E-state index contributed by atoms with van der Waals surface area (Å²) in [4.78, 5) is 3.83. The van der Waals surface area contributed by atoms with E-state index in [0.29, 0.717) is 26.2 Å². The summed E-state index contributed by atoms with van der Waals surface area (Å²) in [6.45, 7) is 3.58. The minimum atomic E-state index is -2.31. The molecule has 1 rings (SSSR count). The lowest BCUT2D eigenvalue weighted by Crippen LogP contribution is -2.47. The number of halogens is 2. The molecule has 0 radical (unpaired) electrons. The molecule has 0 amide bonds. The number of nitrogens with zero attached hydrogens (tertiary/aromatic N) is 2. The number of hydrogen-bond donors (Lipinski definition) is 1. The molecule has 96 valence electrons. The minimum absolute atomic E-state index is 0.0176. The molecule has 1 heterocycles. The highest BCUT2D eigenvalue weighted by molar-refractivity contribution is 4.73. The molecule has 1 fully saturated rings. The molecular formula is C10H21F2N3O. The van der Waals surface area contributed by atoms with E-state index in [1.165, 1.54) is 0 Å². The third-order valence-corrected chi connectivity index (χ3v) is 2.65. The quantitative estimate of drug-likeness (QED) is 0.697. The van der Waals surface area contributed by atoms with Gasteiger partial charge in [0, 0.05) is 32.7 Å². The molecule has 1 aliphatic heterocycles. The number of morpholine rings is 1. The van der Waals surface area contributed by atoms with Gasteiger partial charge in [0.25, 0.3) is 6.43 Å². The lowest BCUT2D eigenvalue weighted by atomic mass is 10.2. The van der Waals surface area contributed by atoms with Gasteiger partial charge >= 0.3 is 0 Å². The van der Waals surface area contributed by atoms with Gasteiger partial charge in [-0.05, 0) is 7.05 Å². The van der Waals surface area contributed by atoms with Crippen LogP contribution >= 0.6 is 0 Å². The van der Waals surface area contributed by atoms with Gasteiger partial charge < -0.3 is 15.4 Å². The van der Waals surface area contributed by atoms with Crippen LogP contribution in [0.2, 0.25) is 0 Å². The summed E-state index contributed by atoms with van der Waals surface area (Å²) in [5.74, 6) is 0. The van der Waals surface area contributed by atoms with Crippen molar-refractivity contribution in [2.75, 3.05) is 52.9 Å². The molecule has 0 saturated carbocycles. The number of likely N-dealkylation sites (N-methyl/N-ethyl adjacent to an activating group) is 1. The van der Waals surface area contributed by atoms with Gasteiger partial charge in [-0.3, -0.25) is 4.90 Å². The Morgan fingerprint density at radius 1 is 1.56 bits per heavy atom. The highest BCUT2D eigenvalue weighted by Crippen LogP contribution is 2.06. The first kappa shape index (κ1) is 13.8. The van der Waals surface area contributed by atoms with E-state index < -0.39 is 6.43 Å². The highest BCUT2D eigenvalue weighted by Gasteiger charge is 2.21. The zero-order valence-corrected chi connectivity index (χ0v) is 9.74. The lowest BCUT2D eigenvalue weighted by molar-refractivity contribution is -0.0416. The van der Waals surface area contributed by atoms with Crippen molar-refractivity contribution in [2.24, 2.45) is 5.73 Å². The predicted molar refractivity (Wildman–Crippen MR) is 58.7 cm³/mol. The van der Waals surface area contributed by atoms with E-state index in [-0.39, 0.29) is 12.6 Å². The van der Waals surface area contributed by atoms with Gasteiger partial charge in [-0.2, -0.15) is 0 Å². The Balaban J connectivity index is 2.34. The number of nitrogens with two attached hydrogens (primary N) is 1. The Kier molecular flexibility index (Phi) is 6.12. The Hall–Kier alpha value is -0.300. The van der Waals surface area contributed by atoms with E-state index >= 15 is 0 Å². The number of hydrogen-bond acceptors (Lipinski definition) is 4. The molecule has 16 heavy (non-hydrogen) atoms. The molecule has 0 aromatic carbocycles. The van der Waals surface area contributed by atoms with Gasteiger partial charge in [0.2, 0.25) is 0 Å². The molecule has 1 atom stereocenters. The van der Waals surface area contributed by atoms with Crippen LogP contribution in [0.5, 0.6) is 0 Å². The fourth-order valence-corrected chi connectivity index (χ4v) is 1.90. The normalized spacial score (nSPS) is 23.2. The van der Waals surface area contributed by atoms with Gasteiger partial charge in [0.05, 0.1) is 19.3 Å². The number of ether oxygens (including phenoxy) is 1. The fourth-order valence-electron chi connectivity index (χ4n) is 1.90. The van der Waals surface area contributed by atoms with Crippen LogP contribution in [0, 0.1) is 0 Å². The molecule has 0 aliphatic carbocycles. The summed E-state index contributed by atoms with van der Waals surface area (Å²) in [5, 5.41) is 0. The maximum Gasteiger partial charge on any atom is 0.251 e. The number of alkyl halides is 2. The molecule has 0 aromatic rings. The van der Waals surface area contributed by atoms with Gasteiger partial charge in [-0.1, -0.05) is 0 Å². The van der Waals surface area contributed by atoms with Crippen LogP contribution in [0.3, 0.4) is 0 Å². The van der Waals surface area contributed by atoms with E-state index in [0.717, 1.165) is 13.1 Å². The Morgan fingerprint density at radius 3 is 2.88 bits per heavy atom. The molecule has 1 aliphatic rings. The van der Waals surface area contributed by atoms with Crippen LogP contribution in [0.1, 0.15) is 0 Å². The summed E-state index contributed by atoms with van der Waals surface area (Å²) in [6, 6.07) is 0. The van der Waals surface area contributed by atoms with Crippen molar-refractivity contribution in [1.29, 1.82) is 0 Å². The summed E-state index contributed by atoms with van der Waals surface area (Å²) < 4.78 is 30.1. The smallest absolute Gasteiger partial charge is 0.251 e. The summed E-state index contributed by atoms with van der Waals surface area (Å²) in [7, 11) is 2.01. The van der Waals surface area contributed by atoms with E-state index in [4.69, 9.17) is 10.5 Å². The van der Waals surface area contributed by atoms with Gasteiger partial charge in [0.1, 0.15) is 0 Å². The van der Waals surface area contributed by atoms with Crippen LogP contribution in [-0.4, -0.2) is 75.3 Å². The second-order valence-electron chi connectivity index (χ2n) is 4.19. The molecule has 0 aromatic heterocycles. The van der Waals surface area contributed by atoms with E-state index in [9.17, 15) is 8.78 Å². The summed E-state index contributed by atoms with van der Waals surface area (Å²) in [6.07, 6.45) is -2.29. The summed E-state index contributed by atoms with van der Waals surface area (Å²) in [5.41, 5.74) is 5.40. The largest absolute Gasteiger partial charge is 0.374 e. The number of rotatable bonds is 6. The molecule has 2 N–H and O–H groups in total. The molecule has 4 nitrogen and oxygen atoms in total. The Morgan fingerprint density at radius 2 is 2.31 bits per heavy atom. The van der Waals surface area contributed by atoms with Crippen molar-refractivity contribution in [3.63, 3.8) is 0 Å². The maximum atomic E-state index is 12.3. The van der Waals surface area contributed by atoms with Crippen molar-refractivity contribution < 1.29 is 13.5 Å². The zero-order valence-electron chi connectivity index (χ0n) is 9.74. The van der Waals surface area contributed by atoms with Crippen LogP contribution in [0.4, 0.5) is 8.78 Å². The second-order valence-corrected chi connectivity index (χ2v) is 4.19. The second kappa shape index (κ2) is 7.11. The molecule has 1 unspecified atom stereocenters. The SMILES string of the molecule is CN1CCOC(CN(CCN)CC(F)F)C1. The monoisotopic (exact) mass is 237 g/mol. The van der Waals surface area contributed by atoms with Gasteiger partial charge in [0.15, 0.2) is 0 Å². The standard InChI is InChI=1S/C10H21F2N3O/c1-14-4-5-16-9(6-14)7-15(3-2-13)8-10(11)12/h9-10H,2-8,13H2,1H3. The minimum Gasteiger partial charge on any atom is -0.374 e. The fraction of sp³-hybridized carbons (Fsp3) is 1.00. The Bertz CT molecular complexity index is 195. The predicted octanol–water partition coefficient (Wildman–Crippen LogP) is -0.157. The first-order valence-corrected chi connectivity index (χ1v) is 5.62. The van der Waals surface area contributed by atoms with E-state index in [2.05, 4.69) is 4.90 Å². The Labute approximate surface area is 95.3 Å². The van der Waals surface area contributed by atoms with Crippen molar-refractivity contribution in [1.82, 2.24) is 9.80 Å². The van der Waals surface area contributed by atoms with E-state index in [1.807, 2.05) is 7.05 Å². The van der Waals surface area contributed by atoms with Crippen LogP contribution < -0.4 is 5.73 Å². The molecule has 1 saturated heterocycles. The summed E-state index contributed by atoms with van der Waals surface area (Å²) >= 11 is 0. The van der Waals surface area contributed by atoms with Crippen molar-refractivity contribution >= 4 is 0 Å². The molecule has 0 bridgehead atoms. The van der Waals surface area contributed by atoms with Crippen molar-refractivity contribution in [3.05, 3.63) is 0 Å². The van der Waals surface area contributed by atoms with Crippen LogP contribution in [0.15, 0.2) is 0 Å². The molecular weight excluding hydrogens is 216 g/mol. The lowest BCUT2D eigenvalue weighted by Gasteiger charge is -2.33. The van der Waals surface area contributed by atoms with Crippen molar-refractivity contribution in [2.45, 2.75) is 12.5 Å². The molecule has 0 spiro atoms.